The molecule has 162 valence electrons. The molecular weight excluding hydrogens is 418 g/mol. The number of aromatic amines is 1. The van der Waals surface area contributed by atoms with Gasteiger partial charge in [0.2, 0.25) is 0 Å². The van der Waals surface area contributed by atoms with Gasteiger partial charge in [0.05, 0.1) is 36.9 Å². The molecule has 6 rings (SSSR count). The third kappa shape index (κ3) is 2.54. The maximum absolute atomic E-state index is 14.5. The van der Waals surface area contributed by atoms with Crippen molar-refractivity contribution in [3.63, 3.8) is 0 Å². The minimum absolute atomic E-state index is 0.190. The first-order chi connectivity index (χ1) is 15.6. The quantitative estimate of drug-likeness (QED) is 0.527. The van der Waals surface area contributed by atoms with Crippen LogP contribution < -0.4 is 4.90 Å². The van der Waals surface area contributed by atoms with Crippen LogP contribution in [0.3, 0.4) is 0 Å². The second-order valence-electron chi connectivity index (χ2n) is 7.80. The van der Waals surface area contributed by atoms with Crippen LogP contribution in [0.1, 0.15) is 19.2 Å². The van der Waals surface area contributed by atoms with E-state index in [0.717, 1.165) is 29.8 Å². The normalized spacial score (nSPS) is 19.4. The summed E-state index contributed by atoms with van der Waals surface area (Å²) in [4.78, 5) is 11.6. The molecule has 1 aromatic carbocycles. The summed E-state index contributed by atoms with van der Waals surface area (Å²) in [5.74, 6) is 0.551. The summed E-state index contributed by atoms with van der Waals surface area (Å²) in [7, 11) is 0. The maximum atomic E-state index is 14.5. The predicted molar refractivity (Wildman–Crippen MR) is 110 cm³/mol. The van der Waals surface area contributed by atoms with Crippen molar-refractivity contribution in [2.75, 3.05) is 24.7 Å². The van der Waals surface area contributed by atoms with E-state index in [1.807, 2.05) is 4.57 Å². The summed E-state index contributed by atoms with van der Waals surface area (Å²) in [6.45, 7) is 3.75. The molecular formula is C21H18F2N8O. The molecule has 1 atom stereocenters. The molecule has 11 heteroatoms. The van der Waals surface area contributed by atoms with Crippen LogP contribution in [-0.4, -0.2) is 54.7 Å². The number of halogens is 2. The Morgan fingerprint density at radius 1 is 1.22 bits per heavy atom. The zero-order valence-electron chi connectivity index (χ0n) is 17.1. The first-order valence-corrected chi connectivity index (χ1v) is 10.2. The molecule has 0 saturated carbocycles. The van der Waals surface area contributed by atoms with E-state index in [9.17, 15) is 8.78 Å². The van der Waals surface area contributed by atoms with Crippen LogP contribution in [0.2, 0.25) is 0 Å². The number of anilines is 1. The SMILES string of the molecule is CCC12COCCN1c1nc(-c3cn[nH]c3-c3ccc(F)cc3F)ncc1-n1cnnc12. The van der Waals surface area contributed by atoms with Crippen LogP contribution in [0, 0.1) is 11.6 Å². The number of aromatic nitrogens is 7. The second kappa shape index (κ2) is 6.89. The largest absolute Gasteiger partial charge is 0.377 e. The van der Waals surface area contributed by atoms with Crippen LogP contribution in [0.4, 0.5) is 14.6 Å². The number of fused-ring (bicyclic) bond motifs is 6. The molecule has 1 saturated heterocycles. The van der Waals surface area contributed by atoms with Gasteiger partial charge in [-0.15, -0.1) is 10.2 Å². The number of rotatable bonds is 3. The number of nitrogens with zero attached hydrogens (tertiary/aromatic N) is 7. The first kappa shape index (κ1) is 19.0. The summed E-state index contributed by atoms with van der Waals surface area (Å²) >= 11 is 0. The zero-order chi connectivity index (χ0) is 21.9. The number of H-pyrrole nitrogens is 1. The van der Waals surface area contributed by atoms with E-state index in [0.29, 0.717) is 36.8 Å². The third-order valence-electron chi connectivity index (χ3n) is 6.21. The van der Waals surface area contributed by atoms with Crippen molar-refractivity contribution in [2.24, 2.45) is 0 Å². The average Bonchev–Trinajstić information content (AvgIpc) is 3.49. The minimum atomic E-state index is -0.694. The molecule has 0 amide bonds. The fourth-order valence-corrected chi connectivity index (χ4v) is 4.58. The first-order valence-electron chi connectivity index (χ1n) is 10.2. The van der Waals surface area contributed by atoms with Gasteiger partial charge in [-0.25, -0.2) is 18.7 Å². The highest BCUT2D eigenvalue weighted by Crippen LogP contribution is 2.44. The Bertz CT molecular complexity index is 1340. The van der Waals surface area contributed by atoms with E-state index >= 15 is 0 Å². The molecule has 32 heavy (non-hydrogen) atoms. The van der Waals surface area contributed by atoms with Gasteiger partial charge in [-0.1, -0.05) is 6.92 Å². The van der Waals surface area contributed by atoms with Crippen LogP contribution in [0.15, 0.2) is 36.9 Å². The number of morpholine rings is 1. The predicted octanol–water partition coefficient (Wildman–Crippen LogP) is 2.85. The summed E-state index contributed by atoms with van der Waals surface area (Å²) in [5.41, 5.74) is 1.36. The van der Waals surface area contributed by atoms with Gasteiger partial charge in [-0.3, -0.25) is 9.67 Å². The van der Waals surface area contributed by atoms with E-state index < -0.39 is 17.2 Å². The van der Waals surface area contributed by atoms with Gasteiger partial charge >= 0.3 is 0 Å². The van der Waals surface area contributed by atoms with E-state index in [1.165, 1.54) is 12.1 Å². The van der Waals surface area contributed by atoms with Gasteiger partial charge in [-0.05, 0) is 18.6 Å². The maximum Gasteiger partial charge on any atom is 0.165 e. The third-order valence-corrected chi connectivity index (χ3v) is 6.21. The van der Waals surface area contributed by atoms with Gasteiger partial charge in [0.1, 0.15) is 29.2 Å². The smallest absolute Gasteiger partial charge is 0.165 e. The fourth-order valence-electron chi connectivity index (χ4n) is 4.58. The van der Waals surface area contributed by atoms with Crippen molar-refractivity contribution in [1.82, 2.24) is 34.9 Å². The van der Waals surface area contributed by atoms with Crippen LogP contribution in [-0.2, 0) is 10.3 Å². The van der Waals surface area contributed by atoms with Crippen molar-refractivity contribution < 1.29 is 13.5 Å². The van der Waals surface area contributed by atoms with Crippen molar-refractivity contribution in [3.8, 4) is 28.3 Å². The molecule has 0 radical (unpaired) electrons. The highest BCUT2D eigenvalue weighted by Gasteiger charge is 2.48. The number of nitrogens with one attached hydrogen (secondary N) is 1. The number of ether oxygens (including phenoxy) is 1. The van der Waals surface area contributed by atoms with Crippen molar-refractivity contribution >= 4 is 5.82 Å². The van der Waals surface area contributed by atoms with Gasteiger partial charge in [-0.2, -0.15) is 5.10 Å². The summed E-state index contributed by atoms with van der Waals surface area (Å²) < 4.78 is 35.6. The van der Waals surface area contributed by atoms with E-state index in [4.69, 9.17) is 9.72 Å². The molecule has 1 unspecified atom stereocenters. The molecule has 5 heterocycles. The topological polar surface area (TPSA) is 97.6 Å². The van der Waals surface area contributed by atoms with E-state index in [2.05, 4.69) is 37.2 Å². The second-order valence-corrected chi connectivity index (χ2v) is 7.80. The highest BCUT2D eigenvalue weighted by molar-refractivity contribution is 5.78. The summed E-state index contributed by atoms with van der Waals surface area (Å²) in [5, 5.41) is 15.4. The molecule has 9 nitrogen and oxygen atoms in total. The number of benzene rings is 1. The van der Waals surface area contributed by atoms with Gasteiger partial charge in [0, 0.05) is 18.2 Å². The van der Waals surface area contributed by atoms with Crippen LogP contribution in [0.5, 0.6) is 0 Å². The average molecular weight is 436 g/mol. The lowest BCUT2D eigenvalue weighted by Crippen LogP contribution is -2.58. The molecule has 0 bridgehead atoms. The molecule has 2 aliphatic heterocycles. The molecule has 3 aromatic heterocycles. The van der Waals surface area contributed by atoms with Crippen molar-refractivity contribution in [1.29, 1.82) is 0 Å². The number of hydrogen-bond donors (Lipinski definition) is 1. The lowest BCUT2D eigenvalue weighted by molar-refractivity contribution is 0.0391. The number of hydrogen-bond acceptors (Lipinski definition) is 7. The molecule has 0 spiro atoms. The van der Waals surface area contributed by atoms with Gasteiger partial charge in [0.25, 0.3) is 0 Å². The zero-order valence-corrected chi connectivity index (χ0v) is 17.1. The van der Waals surface area contributed by atoms with Crippen molar-refractivity contribution in [2.45, 2.75) is 18.9 Å². The molecule has 1 N–H and O–H groups in total. The molecule has 2 aliphatic rings. The molecule has 0 aliphatic carbocycles. The molecule has 1 fully saturated rings. The molecule has 4 aromatic rings. The highest BCUT2D eigenvalue weighted by atomic mass is 19.1. The van der Waals surface area contributed by atoms with Crippen LogP contribution in [0.25, 0.3) is 28.3 Å². The Hall–Kier alpha value is -3.73. The lowest BCUT2D eigenvalue weighted by atomic mass is 9.90. The van der Waals surface area contributed by atoms with Crippen molar-refractivity contribution in [3.05, 3.63) is 54.4 Å². The summed E-state index contributed by atoms with van der Waals surface area (Å²) in [6, 6.07) is 3.41. The van der Waals surface area contributed by atoms with Gasteiger partial charge in [0.15, 0.2) is 17.5 Å². The Kier molecular flexibility index (Phi) is 4.09. The summed E-state index contributed by atoms with van der Waals surface area (Å²) in [6.07, 6.45) is 5.65. The monoisotopic (exact) mass is 436 g/mol. The Labute approximate surface area is 181 Å². The Morgan fingerprint density at radius 2 is 2.12 bits per heavy atom. The minimum Gasteiger partial charge on any atom is -0.377 e. The standard InChI is InChI=1S/C21H18F2N8O/c1-2-21-10-32-6-5-31(21)19-16(30-11-26-29-20(21)30)9-24-18(27-19)14-8-25-28-17(14)13-4-3-12(22)7-15(13)23/h3-4,7-9,11H,2,5-6,10H2,1H3,(H,25,28). The lowest BCUT2D eigenvalue weighted by Gasteiger charge is -2.49. The van der Waals surface area contributed by atoms with E-state index in [-0.39, 0.29) is 5.56 Å². The Balaban J connectivity index is 1.52. The Morgan fingerprint density at radius 3 is 2.97 bits per heavy atom. The van der Waals surface area contributed by atoms with Crippen LogP contribution >= 0.6 is 0 Å². The van der Waals surface area contributed by atoms with E-state index in [1.54, 1.807) is 18.7 Å². The fraction of sp³-hybridized carbons (Fsp3) is 0.286. The van der Waals surface area contributed by atoms with Gasteiger partial charge < -0.3 is 9.64 Å².